The minimum absolute atomic E-state index is 0.0457. The van der Waals surface area contributed by atoms with E-state index in [-0.39, 0.29) is 17.3 Å². The fourth-order valence-corrected chi connectivity index (χ4v) is 2.93. The van der Waals surface area contributed by atoms with Crippen LogP contribution in [0.1, 0.15) is 5.56 Å². The molecule has 0 atom stereocenters. The number of methoxy groups -OCH3 is 1. The summed E-state index contributed by atoms with van der Waals surface area (Å²) in [4.78, 5) is 15.7. The van der Waals surface area contributed by atoms with Crippen LogP contribution in [-0.4, -0.2) is 34.1 Å². The number of nitrogen functional groups attached to an aromatic ring is 1. The maximum Gasteiger partial charge on any atom is 0.422 e. The molecule has 26 heavy (non-hydrogen) atoms. The van der Waals surface area contributed by atoms with E-state index in [2.05, 4.69) is 25.3 Å². The Morgan fingerprint density at radius 2 is 1.96 bits per heavy atom. The lowest BCUT2D eigenvalue weighted by Crippen LogP contribution is -2.15. The molecule has 0 radical (unpaired) electrons. The zero-order valence-electron chi connectivity index (χ0n) is 13.6. The van der Waals surface area contributed by atoms with E-state index < -0.39 is 23.3 Å². The summed E-state index contributed by atoms with van der Waals surface area (Å²) in [5.74, 6) is -0.567. The second-order valence-electron chi connectivity index (χ2n) is 5.05. The van der Waals surface area contributed by atoms with Gasteiger partial charge in [0.05, 0.1) is 35.3 Å². The normalized spacial score (nSPS) is 11.4. The Labute approximate surface area is 150 Å². The zero-order valence-corrected chi connectivity index (χ0v) is 14.4. The minimum Gasteiger partial charge on any atom is -0.496 e. The first-order valence-electron chi connectivity index (χ1n) is 7.20. The van der Waals surface area contributed by atoms with E-state index in [1.807, 2.05) is 0 Å². The Morgan fingerprint density at radius 1 is 1.19 bits per heavy atom. The molecule has 0 aliphatic heterocycles. The molecule has 0 bridgehead atoms. The molecule has 0 saturated heterocycles. The van der Waals surface area contributed by atoms with Gasteiger partial charge in [0.2, 0.25) is 5.95 Å². The maximum atomic E-state index is 13.6. The van der Waals surface area contributed by atoms with Gasteiger partial charge in [-0.2, -0.15) is 18.2 Å². The van der Waals surface area contributed by atoms with Gasteiger partial charge in [-0.05, 0) is 0 Å². The number of nitrogens with zero attached hydrogens (tertiary/aromatic N) is 4. The molecule has 0 aromatic carbocycles. The van der Waals surface area contributed by atoms with Crippen LogP contribution in [0.25, 0.3) is 22.6 Å². The Hall–Kier alpha value is -2.95. The molecular formula is C15H13F3N6OS. The second kappa shape index (κ2) is 6.75. The van der Waals surface area contributed by atoms with Gasteiger partial charge in [0.25, 0.3) is 0 Å². The van der Waals surface area contributed by atoms with Crippen LogP contribution < -0.4 is 15.8 Å². The van der Waals surface area contributed by atoms with Crippen LogP contribution in [0, 0.1) is 0 Å². The van der Waals surface area contributed by atoms with E-state index in [0.717, 1.165) is 0 Å². The molecule has 0 aliphatic carbocycles. The van der Waals surface area contributed by atoms with Gasteiger partial charge in [-0.1, -0.05) is 0 Å². The number of hydrogen-bond donors (Lipinski definition) is 2. The number of anilines is 2. The number of hydrogen-bond acceptors (Lipinski definition) is 8. The molecule has 3 aromatic heterocycles. The molecule has 0 amide bonds. The lowest BCUT2D eigenvalue weighted by molar-refractivity contribution is -0.136. The predicted octanol–water partition coefficient (Wildman–Crippen LogP) is 3.31. The Morgan fingerprint density at radius 3 is 2.54 bits per heavy atom. The number of rotatable bonds is 4. The third-order valence-corrected chi connectivity index (χ3v) is 4.07. The number of aromatic nitrogens is 4. The van der Waals surface area contributed by atoms with E-state index in [9.17, 15) is 13.2 Å². The van der Waals surface area contributed by atoms with Crippen LogP contribution in [0.4, 0.5) is 24.9 Å². The highest BCUT2D eigenvalue weighted by molar-refractivity contribution is 7.07. The van der Waals surface area contributed by atoms with Gasteiger partial charge in [0, 0.05) is 24.7 Å². The van der Waals surface area contributed by atoms with Crippen molar-refractivity contribution in [2.45, 2.75) is 6.18 Å². The van der Waals surface area contributed by atoms with Crippen molar-refractivity contribution in [3.63, 3.8) is 0 Å². The van der Waals surface area contributed by atoms with Crippen molar-refractivity contribution in [3.8, 4) is 28.4 Å². The highest BCUT2D eigenvalue weighted by Gasteiger charge is 2.39. The topological polar surface area (TPSA) is 98.8 Å². The number of halogens is 3. The van der Waals surface area contributed by atoms with Crippen molar-refractivity contribution in [2.75, 3.05) is 25.2 Å². The summed E-state index contributed by atoms with van der Waals surface area (Å²) < 4.78 is 46.1. The monoisotopic (exact) mass is 382 g/mol. The van der Waals surface area contributed by atoms with Crippen LogP contribution in [-0.2, 0) is 6.18 Å². The summed E-state index contributed by atoms with van der Waals surface area (Å²) in [6.07, 6.45) is -3.45. The molecule has 136 valence electrons. The summed E-state index contributed by atoms with van der Waals surface area (Å²) in [5.41, 5.74) is 6.86. The van der Waals surface area contributed by atoms with Gasteiger partial charge in [-0.3, -0.25) is 4.98 Å². The molecule has 3 rings (SSSR count). The number of nitrogens with one attached hydrogen (secondary N) is 1. The number of thiazole rings is 1. The molecule has 3 N–H and O–H groups in total. The zero-order chi connectivity index (χ0) is 18.9. The van der Waals surface area contributed by atoms with Gasteiger partial charge in [-0.15, -0.1) is 11.3 Å². The van der Waals surface area contributed by atoms with Crippen LogP contribution >= 0.6 is 11.3 Å². The van der Waals surface area contributed by atoms with E-state index in [4.69, 9.17) is 10.5 Å². The summed E-state index contributed by atoms with van der Waals surface area (Å²) in [7, 11) is 2.67. The van der Waals surface area contributed by atoms with Crippen LogP contribution in [0.2, 0.25) is 0 Å². The molecule has 3 heterocycles. The first kappa shape index (κ1) is 17.9. The first-order valence-corrected chi connectivity index (χ1v) is 8.14. The molecule has 3 aromatic rings. The fourth-order valence-electron chi connectivity index (χ4n) is 2.39. The Bertz CT molecular complexity index is 930. The SMILES string of the molecule is CNc1nc(N)nc(-c2cnc(-c3cscn3)cc2OC)c1C(F)(F)F. The maximum absolute atomic E-state index is 13.6. The third-order valence-electron chi connectivity index (χ3n) is 3.48. The molecule has 0 aliphatic rings. The third kappa shape index (κ3) is 3.25. The summed E-state index contributed by atoms with van der Waals surface area (Å²) in [6.45, 7) is 0. The molecule has 11 heteroatoms. The number of pyridine rings is 1. The lowest BCUT2D eigenvalue weighted by Gasteiger charge is -2.17. The van der Waals surface area contributed by atoms with Crippen LogP contribution in [0.5, 0.6) is 5.75 Å². The largest absolute Gasteiger partial charge is 0.496 e. The standard InChI is InChI=1S/C15H13F3N6OS/c1-20-13-11(15(16,17)18)12(23-14(19)24-13)7-4-21-8(3-10(7)25-2)9-5-26-6-22-9/h3-6H,1-2H3,(H3,19,20,23,24). The molecular weight excluding hydrogens is 369 g/mol. The molecule has 0 fully saturated rings. The van der Waals surface area contributed by atoms with Gasteiger partial charge in [0.15, 0.2) is 0 Å². The average Bonchev–Trinajstić information content (AvgIpc) is 3.13. The smallest absolute Gasteiger partial charge is 0.422 e. The molecule has 0 spiro atoms. The highest BCUT2D eigenvalue weighted by Crippen LogP contribution is 2.43. The summed E-state index contributed by atoms with van der Waals surface area (Å²) in [6, 6.07) is 1.50. The molecule has 0 saturated carbocycles. The van der Waals surface area contributed by atoms with E-state index >= 15 is 0 Å². The van der Waals surface area contributed by atoms with E-state index in [1.165, 1.54) is 37.8 Å². The van der Waals surface area contributed by atoms with Gasteiger partial charge in [-0.25, -0.2) is 9.97 Å². The molecule has 7 nitrogen and oxygen atoms in total. The molecule has 0 unspecified atom stereocenters. The van der Waals surface area contributed by atoms with E-state index in [1.54, 1.807) is 10.9 Å². The quantitative estimate of drug-likeness (QED) is 0.714. The van der Waals surface area contributed by atoms with Crippen molar-refractivity contribution in [1.82, 2.24) is 19.9 Å². The predicted molar refractivity (Wildman–Crippen MR) is 91.9 cm³/mol. The van der Waals surface area contributed by atoms with Crippen molar-refractivity contribution in [2.24, 2.45) is 0 Å². The first-order chi connectivity index (χ1) is 12.3. The Balaban J connectivity index is 2.25. The second-order valence-corrected chi connectivity index (χ2v) is 5.76. The van der Waals surface area contributed by atoms with Crippen molar-refractivity contribution < 1.29 is 17.9 Å². The van der Waals surface area contributed by atoms with Crippen LogP contribution in [0.3, 0.4) is 0 Å². The van der Waals surface area contributed by atoms with Gasteiger partial charge < -0.3 is 15.8 Å². The van der Waals surface area contributed by atoms with E-state index in [0.29, 0.717) is 11.4 Å². The fraction of sp³-hybridized carbons (Fsp3) is 0.200. The van der Waals surface area contributed by atoms with Crippen molar-refractivity contribution in [1.29, 1.82) is 0 Å². The summed E-state index contributed by atoms with van der Waals surface area (Å²) in [5, 5.41) is 4.17. The van der Waals surface area contributed by atoms with Gasteiger partial charge in [0.1, 0.15) is 17.1 Å². The van der Waals surface area contributed by atoms with Crippen molar-refractivity contribution >= 4 is 23.1 Å². The number of nitrogens with two attached hydrogens (primary N) is 1. The summed E-state index contributed by atoms with van der Waals surface area (Å²) >= 11 is 1.38. The Kier molecular flexibility index (Phi) is 4.64. The van der Waals surface area contributed by atoms with Crippen LogP contribution in [0.15, 0.2) is 23.2 Å². The minimum atomic E-state index is -4.71. The number of ether oxygens (including phenoxy) is 1. The van der Waals surface area contributed by atoms with Crippen molar-refractivity contribution in [3.05, 3.63) is 28.7 Å². The lowest BCUT2D eigenvalue weighted by atomic mass is 10.1. The number of alkyl halides is 3. The average molecular weight is 382 g/mol. The van der Waals surface area contributed by atoms with Gasteiger partial charge >= 0.3 is 6.18 Å². The highest BCUT2D eigenvalue weighted by atomic mass is 32.1.